The van der Waals surface area contributed by atoms with Gasteiger partial charge in [0.2, 0.25) is 5.91 Å². The topological polar surface area (TPSA) is 78.1 Å². The Morgan fingerprint density at radius 1 is 1.11 bits per heavy atom. The molecule has 0 aliphatic carbocycles. The minimum absolute atomic E-state index is 0.0387. The smallest absolute Gasteiger partial charge is 0.245 e. The summed E-state index contributed by atoms with van der Waals surface area (Å²) in [5, 5.41) is 4.99. The molecule has 0 saturated carbocycles. The van der Waals surface area contributed by atoms with Crippen molar-refractivity contribution >= 4 is 16.8 Å². The van der Waals surface area contributed by atoms with Crippen molar-refractivity contribution in [2.24, 2.45) is 7.05 Å². The lowest BCUT2D eigenvalue weighted by atomic mass is 9.98. The van der Waals surface area contributed by atoms with Crippen molar-refractivity contribution in [3.05, 3.63) is 53.5 Å². The van der Waals surface area contributed by atoms with Crippen LogP contribution in [-0.4, -0.2) is 55.4 Å². The van der Waals surface area contributed by atoms with Gasteiger partial charge in [0.25, 0.3) is 0 Å². The van der Waals surface area contributed by atoms with Gasteiger partial charge in [0.1, 0.15) is 17.7 Å². The van der Waals surface area contributed by atoms with Gasteiger partial charge >= 0.3 is 0 Å². The fraction of sp³-hybridized carbons (Fsp3) is 0.407. The molecule has 9 heteroatoms. The average molecular weight is 489 g/mol. The predicted molar refractivity (Wildman–Crippen MR) is 134 cm³/mol. The number of hydrogen-bond donors (Lipinski definition) is 0. The number of fused-ring (bicyclic) bond motifs is 2. The van der Waals surface area contributed by atoms with E-state index in [4.69, 9.17) is 14.7 Å². The highest BCUT2D eigenvalue weighted by atomic mass is 19.1. The molecule has 1 aromatic carbocycles. The quantitative estimate of drug-likeness (QED) is 0.428. The van der Waals surface area contributed by atoms with Crippen molar-refractivity contribution in [1.82, 2.24) is 29.2 Å². The van der Waals surface area contributed by atoms with Crippen LogP contribution < -0.4 is 0 Å². The average Bonchev–Trinajstić information content (AvgIpc) is 3.46. The summed E-state index contributed by atoms with van der Waals surface area (Å²) < 4.78 is 25.0. The van der Waals surface area contributed by atoms with Crippen LogP contribution in [0.5, 0.6) is 0 Å². The molecule has 2 aliphatic rings. The summed E-state index contributed by atoms with van der Waals surface area (Å²) >= 11 is 0. The summed E-state index contributed by atoms with van der Waals surface area (Å²) in [5.41, 5.74) is 5.27. The van der Waals surface area contributed by atoms with E-state index in [1.54, 1.807) is 28.9 Å². The Labute approximate surface area is 208 Å². The zero-order valence-electron chi connectivity index (χ0n) is 21.0. The molecule has 0 bridgehead atoms. The Balaban J connectivity index is 1.58. The number of hydrogen-bond acceptors (Lipinski definition) is 5. The van der Waals surface area contributed by atoms with Gasteiger partial charge in [-0.1, -0.05) is 0 Å². The molecule has 8 nitrogen and oxygen atoms in total. The first kappa shape index (κ1) is 22.8. The molecule has 2 aliphatic heterocycles. The van der Waals surface area contributed by atoms with Crippen molar-refractivity contribution in [1.29, 1.82) is 0 Å². The number of ether oxygens (including phenoxy) is 1. The Hall–Kier alpha value is -3.59. The van der Waals surface area contributed by atoms with Crippen LogP contribution in [0.3, 0.4) is 0 Å². The zero-order valence-corrected chi connectivity index (χ0v) is 21.0. The highest BCUT2D eigenvalue weighted by Crippen LogP contribution is 2.41. The SMILES string of the molecule is Cc1cc2c(-c3nc(C4CCOCC4)n4c3CN(C)C(=O)[C@H]4C)c(F)ccc2nc1-c1cnn(C)c1. The standard InChI is InChI=1S/C27H29FN6O2/c1-15-11-19-21(30-24(15)18-12-29-33(4)13-18)6-5-20(28)23(19)25-22-14-32(3)27(35)16(2)34(22)26(31-25)17-7-9-36-10-8-17/h5-6,11-13,16-17H,7-10,14H2,1-4H3/t16-/m1/s1. The Bertz CT molecular complexity index is 1500. The molecule has 1 atom stereocenters. The summed E-state index contributed by atoms with van der Waals surface area (Å²) in [7, 11) is 3.66. The highest BCUT2D eigenvalue weighted by Gasteiger charge is 2.36. The molecule has 0 radical (unpaired) electrons. The van der Waals surface area contributed by atoms with Gasteiger partial charge in [-0.15, -0.1) is 0 Å². The summed E-state index contributed by atoms with van der Waals surface area (Å²) in [5.74, 6) is 0.714. The molecule has 1 saturated heterocycles. The van der Waals surface area contributed by atoms with Crippen LogP contribution >= 0.6 is 0 Å². The van der Waals surface area contributed by atoms with E-state index < -0.39 is 6.04 Å². The lowest BCUT2D eigenvalue weighted by Gasteiger charge is -2.32. The molecular weight excluding hydrogens is 459 g/mol. The number of pyridine rings is 1. The fourth-order valence-corrected chi connectivity index (χ4v) is 5.64. The van der Waals surface area contributed by atoms with Gasteiger partial charge in [-0.3, -0.25) is 9.48 Å². The van der Waals surface area contributed by atoms with Crippen LogP contribution in [0, 0.1) is 12.7 Å². The predicted octanol–water partition coefficient (Wildman–Crippen LogP) is 4.37. The van der Waals surface area contributed by atoms with Gasteiger partial charge in [0.05, 0.1) is 35.3 Å². The van der Waals surface area contributed by atoms with E-state index in [2.05, 4.69) is 9.67 Å². The van der Waals surface area contributed by atoms with E-state index in [1.165, 1.54) is 6.07 Å². The monoisotopic (exact) mass is 488 g/mol. The molecule has 186 valence electrons. The van der Waals surface area contributed by atoms with E-state index >= 15 is 4.39 Å². The van der Waals surface area contributed by atoms with Gasteiger partial charge in [-0.2, -0.15) is 5.10 Å². The van der Waals surface area contributed by atoms with E-state index in [0.717, 1.165) is 41.2 Å². The second-order valence-corrected chi connectivity index (χ2v) is 9.94. The maximum atomic E-state index is 15.7. The van der Waals surface area contributed by atoms with E-state index in [1.807, 2.05) is 33.2 Å². The van der Waals surface area contributed by atoms with Crippen LogP contribution in [0.1, 0.15) is 48.8 Å². The Morgan fingerprint density at radius 2 is 1.89 bits per heavy atom. The second kappa shape index (κ2) is 8.51. The van der Waals surface area contributed by atoms with Gasteiger partial charge in [-0.25, -0.2) is 14.4 Å². The summed E-state index contributed by atoms with van der Waals surface area (Å²) in [4.78, 5) is 24.6. The largest absolute Gasteiger partial charge is 0.381 e. The molecule has 5 heterocycles. The number of rotatable bonds is 3. The first-order valence-electron chi connectivity index (χ1n) is 12.4. The summed E-state index contributed by atoms with van der Waals surface area (Å²) in [6, 6.07) is 4.78. The van der Waals surface area contributed by atoms with Crippen molar-refractivity contribution in [3.63, 3.8) is 0 Å². The number of carbonyl (C=O) groups is 1. The van der Waals surface area contributed by atoms with Crippen molar-refractivity contribution in [2.75, 3.05) is 20.3 Å². The Kier molecular flexibility index (Phi) is 5.40. The van der Waals surface area contributed by atoms with E-state index in [0.29, 0.717) is 41.9 Å². The number of aromatic nitrogens is 5. The number of likely N-dealkylation sites (N-methyl/N-ethyl adjacent to an activating group) is 1. The van der Waals surface area contributed by atoms with Crippen molar-refractivity contribution in [3.8, 4) is 22.5 Å². The van der Waals surface area contributed by atoms with E-state index in [-0.39, 0.29) is 17.6 Å². The lowest BCUT2D eigenvalue weighted by Crippen LogP contribution is -2.40. The number of aryl methyl sites for hydroxylation is 2. The van der Waals surface area contributed by atoms with Gasteiger partial charge < -0.3 is 14.2 Å². The van der Waals surface area contributed by atoms with Crippen molar-refractivity contribution < 1.29 is 13.9 Å². The number of carbonyl (C=O) groups excluding carboxylic acids is 1. The van der Waals surface area contributed by atoms with E-state index in [9.17, 15) is 4.79 Å². The van der Waals surface area contributed by atoms with Crippen LogP contribution in [0.4, 0.5) is 4.39 Å². The molecule has 0 spiro atoms. The highest BCUT2D eigenvalue weighted by molar-refractivity contribution is 5.97. The van der Waals surface area contributed by atoms with Crippen LogP contribution in [0.25, 0.3) is 33.4 Å². The zero-order chi connectivity index (χ0) is 25.1. The third-order valence-corrected chi connectivity index (χ3v) is 7.49. The van der Waals surface area contributed by atoms with Gasteiger partial charge in [0, 0.05) is 55.9 Å². The van der Waals surface area contributed by atoms with Crippen molar-refractivity contribution in [2.45, 2.75) is 45.2 Å². The third kappa shape index (κ3) is 3.52. The minimum atomic E-state index is -0.395. The lowest BCUT2D eigenvalue weighted by molar-refractivity contribution is -0.135. The van der Waals surface area contributed by atoms with Crippen LogP contribution in [0.2, 0.25) is 0 Å². The Morgan fingerprint density at radius 3 is 2.61 bits per heavy atom. The maximum Gasteiger partial charge on any atom is 0.245 e. The number of benzene rings is 1. The molecule has 36 heavy (non-hydrogen) atoms. The number of imidazole rings is 1. The molecule has 3 aromatic heterocycles. The first-order valence-corrected chi connectivity index (χ1v) is 12.4. The molecule has 1 amide bonds. The molecule has 0 unspecified atom stereocenters. The number of halogens is 1. The normalized spacial score (nSPS) is 18.8. The third-order valence-electron chi connectivity index (χ3n) is 7.49. The maximum absolute atomic E-state index is 15.7. The minimum Gasteiger partial charge on any atom is -0.381 e. The fourth-order valence-electron chi connectivity index (χ4n) is 5.64. The molecule has 1 fully saturated rings. The van der Waals surface area contributed by atoms with Gasteiger partial charge in [0.15, 0.2) is 0 Å². The molecule has 6 rings (SSSR count). The molecule has 0 N–H and O–H groups in total. The second-order valence-electron chi connectivity index (χ2n) is 9.94. The number of amides is 1. The number of nitrogens with zero attached hydrogens (tertiary/aromatic N) is 6. The van der Waals surface area contributed by atoms with Crippen LogP contribution in [0.15, 0.2) is 30.6 Å². The first-order chi connectivity index (χ1) is 17.3. The molecule has 4 aromatic rings. The summed E-state index contributed by atoms with van der Waals surface area (Å²) in [6.07, 6.45) is 5.37. The summed E-state index contributed by atoms with van der Waals surface area (Å²) in [6.45, 7) is 5.58. The molecular formula is C27H29FN6O2. The van der Waals surface area contributed by atoms with Crippen LogP contribution in [-0.2, 0) is 23.1 Å². The van der Waals surface area contributed by atoms with Gasteiger partial charge in [-0.05, 0) is 50.5 Å².